The number of benzene rings is 1. The Morgan fingerprint density at radius 3 is 2.28 bits per heavy atom. The third-order valence-corrected chi connectivity index (χ3v) is 5.45. The van der Waals surface area contributed by atoms with Gasteiger partial charge in [-0.1, -0.05) is 19.3 Å². The van der Waals surface area contributed by atoms with Crippen LogP contribution in [0.1, 0.15) is 46.0 Å². The Morgan fingerprint density at radius 1 is 1.12 bits per heavy atom. The lowest BCUT2D eigenvalue weighted by Crippen LogP contribution is -2.61. The first-order valence-corrected chi connectivity index (χ1v) is 10.1. The molecule has 0 radical (unpaired) electrons. The quantitative estimate of drug-likeness (QED) is 0.638. The lowest BCUT2D eigenvalue weighted by Gasteiger charge is -2.40. The van der Waals surface area contributed by atoms with Gasteiger partial charge in [0.15, 0.2) is 6.61 Å². The number of rotatable bonds is 7. The predicted octanol–water partition coefficient (Wildman–Crippen LogP) is 3.36. The molecule has 0 saturated heterocycles. The van der Waals surface area contributed by atoms with Crippen molar-refractivity contribution in [3.63, 3.8) is 0 Å². The monoisotopic (exact) mass is 458 g/mol. The summed E-state index contributed by atoms with van der Waals surface area (Å²) in [6, 6.07) is 7.54. The molecule has 138 valence electrons. The molecule has 1 aliphatic carbocycles. The number of carbonyl (C=O) groups is 2. The van der Waals surface area contributed by atoms with Gasteiger partial charge < -0.3 is 15.0 Å². The van der Waals surface area contributed by atoms with Gasteiger partial charge in [-0.05, 0) is 73.5 Å². The molecule has 0 unspecified atom stereocenters. The second-order valence-electron chi connectivity index (χ2n) is 6.41. The SMILES string of the molecule is CCN(CC)C(=O)C1(NC(=O)COc2ccc(I)cc2)CCCCC1. The van der Waals surface area contributed by atoms with Crippen LogP contribution in [0.25, 0.3) is 0 Å². The Morgan fingerprint density at radius 2 is 1.72 bits per heavy atom. The fourth-order valence-corrected chi connectivity index (χ4v) is 3.70. The molecule has 6 heteroatoms. The second kappa shape index (κ2) is 9.40. The standard InChI is InChI=1S/C19H27IN2O3/c1-3-22(4-2)18(24)19(12-6-5-7-13-19)21-17(23)14-25-16-10-8-15(20)9-11-16/h8-11H,3-7,12-14H2,1-2H3,(H,21,23). The first-order chi connectivity index (χ1) is 12.0. The van der Waals surface area contributed by atoms with Crippen LogP contribution in [0, 0.1) is 3.57 Å². The zero-order valence-electron chi connectivity index (χ0n) is 15.0. The van der Waals surface area contributed by atoms with Crippen molar-refractivity contribution in [3.05, 3.63) is 27.8 Å². The molecular weight excluding hydrogens is 431 g/mol. The number of hydrogen-bond donors (Lipinski definition) is 1. The molecule has 0 spiro atoms. The van der Waals surface area contributed by atoms with Gasteiger partial charge in [-0.15, -0.1) is 0 Å². The van der Waals surface area contributed by atoms with E-state index in [9.17, 15) is 9.59 Å². The van der Waals surface area contributed by atoms with Gasteiger partial charge in [0.2, 0.25) is 5.91 Å². The molecule has 2 amide bonds. The zero-order chi connectivity index (χ0) is 18.3. The summed E-state index contributed by atoms with van der Waals surface area (Å²) in [6.45, 7) is 5.19. The molecule has 2 rings (SSSR count). The highest BCUT2D eigenvalue weighted by Gasteiger charge is 2.42. The van der Waals surface area contributed by atoms with E-state index in [0.717, 1.165) is 22.8 Å². The maximum absolute atomic E-state index is 13.0. The van der Waals surface area contributed by atoms with E-state index in [1.54, 1.807) is 0 Å². The molecule has 0 aliphatic heterocycles. The summed E-state index contributed by atoms with van der Waals surface area (Å²) in [5.41, 5.74) is -0.767. The van der Waals surface area contributed by atoms with Crippen molar-refractivity contribution in [1.29, 1.82) is 0 Å². The number of carbonyl (C=O) groups excluding carboxylic acids is 2. The molecule has 1 fully saturated rings. The van der Waals surface area contributed by atoms with E-state index in [1.807, 2.05) is 43.0 Å². The number of hydrogen-bond acceptors (Lipinski definition) is 3. The van der Waals surface area contributed by atoms with E-state index < -0.39 is 5.54 Å². The summed E-state index contributed by atoms with van der Waals surface area (Å²) in [5, 5.41) is 3.01. The van der Waals surface area contributed by atoms with Crippen molar-refractivity contribution in [2.45, 2.75) is 51.5 Å². The summed E-state index contributed by atoms with van der Waals surface area (Å²) in [4.78, 5) is 27.3. The summed E-state index contributed by atoms with van der Waals surface area (Å²) in [7, 11) is 0. The van der Waals surface area contributed by atoms with Crippen molar-refractivity contribution in [2.75, 3.05) is 19.7 Å². The number of ether oxygens (including phenoxy) is 1. The van der Waals surface area contributed by atoms with Crippen LogP contribution >= 0.6 is 22.6 Å². The number of likely N-dealkylation sites (N-methyl/N-ethyl adjacent to an activating group) is 1. The van der Waals surface area contributed by atoms with Gasteiger partial charge in [0.1, 0.15) is 11.3 Å². The minimum atomic E-state index is -0.767. The molecular formula is C19H27IN2O3. The largest absolute Gasteiger partial charge is 0.484 e. The summed E-state index contributed by atoms with van der Waals surface area (Å²) in [6.07, 6.45) is 4.45. The van der Waals surface area contributed by atoms with Crippen LogP contribution < -0.4 is 10.1 Å². The Kier molecular flexibility index (Phi) is 7.53. The van der Waals surface area contributed by atoms with E-state index in [-0.39, 0.29) is 18.4 Å². The molecule has 0 atom stereocenters. The van der Waals surface area contributed by atoms with Crippen molar-refractivity contribution in [3.8, 4) is 5.75 Å². The molecule has 1 aromatic rings. The number of nitrogens with one attached hydrogen (secondary N) is 1. The van der Waals surface area contributed by atoms with Crippen LogP contribution in [0.3, 0.4) is 0 Å². The van der Waals surface area contributed by atoms with Crippen LogP contribution in [0.5, 0.6) is 5.75 Å². The highest BCUT2D eigenvalue weighted by Crippen LogP contribution is 2.30. The lowest BCUT2D eigenvalue weighted by molar-refractivity contribution is -0.143. The van der Waals surface area contributed by atoms with E-state index in [2.05, 4.69) is 27.9 Å². The Balaban J connectivity index is 2.01. The predicted molar refractivity (Wildman–Crippen MR) is 107 cm³/mol. The van der Waals surface area contributed by atoms with Gasteiger partial charge in [0.25, 0.3) is 5.91 Å². The first-order valence-electron chi connectivity index (χ1n) is 8.99. The van der Waals surface area contributed by atoms with Crippen molar-refractivity contribution >= 4 is 34.4 Å². The highest BCUT2D eigenvalue weighted by atomic mass is 127. The van der Waals surface area contributed by atoms with Crippen LogP contribution in [-0.4, -0.2) is 41.9 Å². The van der Waals surface area contributed by atoms with Crippen molar-refractivity contribution in [1.82, 2.24) is 10.2 Å². The fraction of sp³-hybridized carbons (Fsp3) is 0.579. The molecule has 1 aromatic carbocycles. The number of amides is 2. The summed E-state index contributed by atoms with van der Waals surface area (Å²) in [5.74, 6) is 0.462. The van der Waals surface area contributed by atoms with Crippen LogP contribution in [-0.2, 0) is 9.59 Å². The van der Waals surface area contributed by atoms with Crippen LogP contribution in [0.4, 0.5) is 0 Å². The molecule has 5 nitrogen and oxygen atoms in total. The first kappa shape index (κ1) is 20.0. The number of nitrogens with zero attached hydrogens (tertiary/aromatic N) is 1. The molecule has 25 heavy (non-hydrogen) atoms. The maximum atomic E-state index is 13.0. The lowest BCUT2D eigenvalue weighted by atomic mass is 9.80. The summed E-state index contributed by atoms with van der Waals surface area (Å²) >= 11 is 2.22. The molecule has 1 N–H and O–H groups in total. The van der Waals surface area contributed by atoms with Crippen LogP contribution in [0.15, 0.2) is 24.3 Å². The van der Waals surface area contributed by atoms with Gasteiger partial charge in [0.05, 0.1) is 0 Å². The van der Waals surface area contributed by atoms with E-state index in [4.69, 9.17) is 4.74 Å². The molecule has 0 aromatic heterocycles. The van der Waals surface area contributed by atoms with E-state index in [1.165, 1.54) is 0 Å². The second-order valence-corrected chi connectivity index (χ2v) is 7.66. The normalized spacial score (nSPS) is 16.1. The molecule has 1 saturated carbocycles. The molecule has 0 heterocycles. The Bertz CT molecular complexity index is 579. The molecule has 0 bridgehead atoms. The van der Waals surface area contributed by atoms with Gasteiger partial charge in [-0.3, -0.25) is 9.59 Å². The van der Waals surface area contributed by atoms with Crippen molar-refractivity contribution in [2.24, 2.45) is 0 Å². The minimum absolute atomic E-state index is 0.0415. The maximum Gasteiger partial charge on any atom is 0.258 e. The third-order valence-electron chi connectivity index (χ3n) is 4.73. The summed E-state index contributed by atoms with van der Waals surface area (Å²) < 4.78 is 6.67. The van der Waals surface area contributed by atoms with Gasteiger partial charge in [-0.2, -0.15) is 0 Å². The number of halogens is 1. The average Bonchev–Trinajstić information content (AvgIpc) is 2.63. The average molecular weight is 458 g/mol. The van der Waals surface area contributed by atoms with Gasteiger partial charge in [-0.25, -0.2) is 0 Å². The van der Waals surface area contributed by atoms with E-state index >= 15 is 0 Å². The van der Waals surface area contributed by atoms with Gasteiger partial charge in [0, 0.05) is 16.7 Å². The smallest absolute Gasteiger partial charge is 0.258 e. The topological polar surface area (TPSA) is 58.6 Å². The fourth-order valence-electron chi connectivity index (χ4n) is 3.34. The Hall–Kier alpha value is -1.31. The highest BCUT2D eigenvalue weighted by molar-refractivity contribution is 14.1. The zero-order valence-corrected chi connectivity index (χ0v) is 17.2. The molecule has 1 aliphatic rings. The van der Waals surface area contributed by atoms with Crippen LogP contribution in [0.2, 0.25) is 0 Å². The third kappa shape index (κ3) is 5.33. The van der Waals surface area contributed by atoms with E-state index in [0.29, 0.717) is 31.7 Å². The Labute approximate surface area is 163 Å². The van der Waals surface area contributed by atoms with Gasteiger partial charge >= 0.3 is 0 Å². The van der Waals surface area contributed by atoms with Crippen molar-refractivity contribution < 1.29 is 14.3 Å². The minimum Gasteiger partial charge on any atom is -0.484 e.